The molecule has 17 heavy (non-hydrogen) atoms. The van der Waals surface area contributed by atoms with Gasteiger partial charge in [0.2, 0.25) is 0 Å². The lowest BCUT2D eigenvalue weighted by molar-refractivity contribution is 0.499. The maximum absolute atomic E-state index is 13.6. The van der Waals surface area contributed by atoms with Crippen molar-refractivity contribution in [3.63, 3.8) is 0 Å². The van der Waals surface area contributed by atoms with Gasteiger partial charge >= 0.3 is 0 Å². The van der Waals surface area contributed by atoms with E-state index in [1.807, 2.05) is 0 Å². The molecule has 0 aliphatic heterocycles. The van der Waals surface area contributed by atoms with Gasteiger partial charge in [0, 0.05) is 10.2 Å². The zero-order valence-electron chi connectivity index (χ0n) is 9.64. The van der Waals surface area contributed by atoms with Crippen LogP contribution >= 0.6 is 15.9 Å². The second-order valence-corrected chi connectivity index (χ2v) is 5.51. The molecule has 0 aromatic heterocycles. The van der Waals surface area contributed by atoms with Crippen LogP contribution in [0.3, 0.4) is 0 Å². The first-order valence-corrected chi connectivity index (χ1v) is 6.56. The third kappa shape index (κ3) is 3.12. The van der Waals surface area contributed by atoms with Crippen molar-refractivity contribution < 1.29 is 8.78 Å². The highest BCUT2D eigenvalue weighted by Gasteiger charge is 2.16. The maximum Gasteiger partial charge on any atom is 0.152 e. The predicted octanol–water partition coefficient (Wildman–Crippen LogP) is 5.01. The summed E-state index contributed by atoms with van der Waals surface area (Å²) in [6.45, 7) is 2.14. The van der Waals surface area contributed by atoms with Gasteiger partial charge in [0.05, 0.1) is 0 Å². The van der Waals surface area contributed by atoms with Gasteiger partial charge in [-0.25, -0.2) is 8.78 Å². The number of nitrogens with zero attached hydrogens (tertiary/aromatic N) is 1. The molecule has 2 rings (SSSR count). The van der Waals surface area contributed by atoms with Crippen LogP contribution in [0.15, 0.2) is 21.6 Å². The molecule has 92 valence electrons. The third-order valence-corrected chi connectivity index (χ3v) is 3.46. The molecular formula is C13H14BrF2N. The molecule has 4 heteroatoms. The van der Waals surface area contributed by atoms with E-state index in [1.165, 1.54) is 18.6 Å². The van der Waals surface area contributed by atoms with E-state index >= 15 is 0 Å². The highest BCUT2D eigenvalue weighted by atomic mass is 79.9. The van der Waals surface area contributed by atoms with Gasteiger partial charge in [0.1, 0.15) is 5.69 Å². The quantitative estimate of drug-likeness (QED) is 0.691. The molecule has 1 fully saturated rings. The van der Waals surface area contributed by atoms with Crippen molar-refractivity contribution in [1.29, 1.82) is 0 Å². The topological polar surface area (TPSA) is 12.4 Å². The smallest absolute Gasteiger partial charge is 0.152 e. The molecule has 0 spiro atoms. The zero-order valence-corrected chi connectivity index (χ0v) is 11.2. The normalized spacial score (nSPS) is 23.1. The van der Waals surface area contributed by atoms with Gasteiger partial charge in [0.25, 0.3) is 0 Å². The fourth-order valence-corrected chi connectivity index (χ4v) is 2.56. The van der Waals surface area contributed by atoms with Gasteiger partial charge in [-0.05, 0) is 43.7 Å². The van der Waals surface area contributed by atoms with E-state index in [0.717, 1.165) is 25.0 Å². The van der Waals surface area contributed by atoms with Crippen LogP contribution in [0, 0.1) is 17.6 Å². The summed E-state index contributed by atoms with van der Waals surface area (Å²) in [7, 11) is 0. The summed E-state index contributed by atoms with van der Waals surface area (Å²) in [5.41, 5.74) is 0.751. The molecule has 0 amide bonds. The Morgan fingerprint density at radius 2 is 1.94 bits per heavy atom. The molecule has 0 N–H and O–H groups in total. The van der Waals surface area contributed by atoms with E-state index < -0.39 is 11.6 Å². The zero-order chi connectivity index (χ0) is 12.4. The average molecular weight is 302 g/mol. The number of halogens is 3. The predicted molar refractivity (Wildman–Crippen MR) is 68.8 cm³/mol. The lowest BCUT2D eigenvalue weighted by Gasteiger charge is -2.19. The van der Waals surface area contributed by atoms with Crippen molar-refractivity contribution in [1.82, 2.24) is 0 Å². The Labute approximate surface area is 108 Å². The van der Waals surface area contributed by atoms with E-state index in [0.29, 0.717) is 10.4 Å². The summed E-state index contributed by atoms with van der Waals surface area (Å²) in [6, 6.07) is 2.49. The van der Waals surface area contributed by atoms with Gasteiger partial charge in [-0.15, -0.1) is 0 Å². The molecule has 1 saturated carbocycles. The Morgan fingerprint density at radius 1 is 1.29 bits per heavy atom. The van der Waals surface area contributed by atoms with E-state index in [1.54, 1.807) is 0 Å². The maximum atomic E-state index is 13.6. The van der Waals surface area contributed by atoms with Crippen LogP contribution in [0.5, 0.6) is 0 Å². The van der Waals surface area contributed by atoms with Gasteiger partial charge in [-0.2, -0.15) is 0 Å². The second-order valence-electron chi connectivity index (χ2n) is 4.60. The van der Waals surface area contributed by atoms with Crippen LogP contribution in [-0.4, -0.2) is 5.71 Å². The highest BCUT2D eigenvalue weighted by Crippen LogP contribution is 2.29. The van der Waals surface area contributed by atoms with Gasteiger partial charge < -0.3 is 0 Å². The SMILES string of the molecule is CC1CCCC(=Nc2c(F)cc(Br)cc2F)C1. The lowest BCUT2D eigenvalue weighted by atomic mass is 9.89. The molecule has 1 aromatic rings. The van der Waals surface area contributed by atoms with Gasteiger partial charge in [-0.1, -0.05) is 22.9 Å². The Morgan fingerprint density at radius 3 is 2.53 bits per heavy atom. The Balaban J connectivity index is 2.31. The average Bonchev–Trinajstić information content (AvgIpc) is 2.23. The van der Waals surface area contributed by atoms with Gasteiger partial charge in [-0.3, -0.25) is 4.99 Å². The monoisotopic (exact) mass is 301 g/mol. The summed E-state index contributed by atoms with van der Waals surface area (Å²) in [5.74, 6) is -0.658. The summed E-state index contributed by atoms with van der Waals surface area (Å²) in [4.78, 5) is 4.15. The molecule has 1 aliphatic carbocycles. The summed E-state index contributed by atoms with van der Waals surface area (Å²) >= 11 is 3.05. The van der Waals surface area contributed by atoms with E-state index in [-0.39, 0.29) is 5.69 Å². The molecule has 1 aliphatic rings. The molecule has 0 radical (unpaired) electrons. The number of hydrogen-bond donors (Lipinski definition) is 0. The van der Waals surface area contributed by atoms with Crippen LogP contribution in [0.2, 0.25) is 0 Å². The molecule has 0 bridgehead atoms. The summed E-state index contributed by atoms with van der Waals surface area (Å²) < 4.78 is 27.6. The molecule has 1 nitrogen and oxygen atoms in total. The highest BCUT2D eigenvalue weighted by molar-refractivity contribution is 9.10. The molecule has 1 aromatic carbocycles. The number of hydrogen-bond acceptors (Lipinski definition) is 1. The third-order valence-electron chi connectivity index (χ3n) is 3.00. The molecule has 0 saturated heterocycles. The molecule has 0 heterocycles. The van der Waals surface area contributed by atoms with Crippen molar-refractivity contribution >= 4 is 27.3 Å². The van der Waals surface area contributed by atoms with Crippen LogP contribution in [0.1, 0.15) is 32.6 Å². The van der Waals surface area contributed by atoms with Crippen LogP contribution < -0.4 is 0 Å². The van der Waals surface area contributed by atoms with E-state index in [2.05, 4.69) is 27.8 Å². The minimum Gasteiger partial charge on any atom is -0.252 e. The van der Waals surface area contributed by atoms with E-state index in [9.17, 15) is 8.78 Å². The summed E-state index contributed by atoms with van der Waals surface area (Å²) in [5, 5.41) is 0. The van der Waals surface area contributed by atoms with Crippen LogP contribution in [0.4, 0.5) is 14.5 Å². The van der Waals surface area contributed by atoms with Crippen molar-refractivity contribution in [2.75, 3.05) is 0 Å². The van der Waals surface area contributed by atoms with Crippen molar-refractivity contribution in [3.8, 4) is 0 Å². The minimum absolute atomic E-state index is 0.155. The van der Waals surface area contributed by atoms with Gasteiger partial charge in [0.15, 0.2) is 11.6 Å². The molecule has 1 unspecified atom stereocenters. The first-order chi connectivity index (χ1) is 8.06. The number of benzene rings is 1. The minimum atomic E-state index is -0.609. The Kier molecular flexibility index (Phi) is 3.92. The lowest BCUT2D eigenvalue weighted by Crippen LogP contribution is -2.12. The standard InChI is InChI=1S/C13H14BrF2N/c1-8-3-2-4-10(5-8)17-13-11(15)6-9(14)7-12(13)16/h6-8H,2-5H2,1H3. The largest absolute Gasteiger partial charge is 0.252 e. The molecular weight excluding hydrogens is 288 g/mol. The second kappa shape index (κ2) is 5.25. The first-order valence-electron chi connectivity index (χ1n) is 5.77. The Bertz CT molecular complexity index is 434. The summed E-state index contributed by atoms with van der Waals surface area (Å²) in [6.07, 6.45) is 3.91. The van der Waals surface area contributed by atoms with E-state index in [4.69, 9.17) is 0 Å². The van der Waals surface area contributed by atoms with Crippen molar-refractivity contribution in [2.45, 2.75) is 32.6 Å². The van der Waals surface area contributed by atoms with Crippen molar-refractivity contribution in [2.24, 2.45) is 10.9 Å². The van der Waals surface area contributed by atoms with Crippen LogP contribution in [0.25, 0.3) is 0 Å². The van der Waals surface area contributed by atoms with Crippen LogP contribution in [-0.2, 0) is 0 Å². The number of rotatable bonds is 1. The fraction of sp³-hybridized carbons (Fsp3) is 0.462. The first kappa shape index (κ1) is 12.7. The van der Waals surface area contributed by atoms with Crippen molar-refractivity contribution in [3.05, 3.63) is 28.2 Å². The fourth-order valence-electron chi connectivity index (χ4n) is 2.16. The Hall–Kier alpha value is -0.770. The number of aliphatic imine (C=N–C) groups is 1. The molecule has 1 atom stereocenters.